The fraction of sp³-hybridized carbons (Fsp3) is 0.625. The van der Waals surface area contributed by atoms with E-state index in [1.807, 2.05) is 18.2 Å². The number of carbonyl (C=O) groups is 2. The van der Waals surface area contributed by atoms with Gasteiger partial charge in [-0.2, -0.15) is 0 Å². The highest BCUT2D eigenvalue weighted by molar-refractivity contribution is 5.74. The number of ether oxygens (including phenoxy) is 1. The second-order valence-corrected chi connectivity index (χ2v) is 11.5. The minimum absolute atomic E-state index is 0.00155. The number of hydrogen-bond acceptors (Lipinski definition) is 6. The van der Waals surface area contributed by atoms with Crippen LogP contribution in [0.25, 0.3) is 0 Å². The smallest absolute Gasteiger partial charge is 0.302 e. The number of hydrogen-bond donors (Lipinski definition) is 3. The zero-order valence-corrected chi connectivity index (χ0v) is 24.0. The summed E-state index contributed by atoms with van der Waals surface area (Å²) in [6, 6.07) is 0. The van der Waals surface area contributed by atoms with E-state index < -0.39 is 23.1 Å². The van der Waals surface area contributed by atoms with Crippen molar-refractivity contribution in [3.8, 4) is 0 Å². The van der Waals surface area contributed by atoms with Crippen LogP contribution in [-0.4, -0.2) is 52.5 Å². The lowest BCUT2D eigenvalue weighted by Gasteiger charge is -2.55. The Morgan fingerprint density at radius 2 is 1.92 bits per heavy atom. The van der Waals surface area contributed by atoms with Crippen LogP contribution in [-0.2, 0) is 14.3 Å². The maximum absolute atomic E-state index is 12.0. The molecular formula is C32H48O6. The van der Waals surface area contributed by atoms with Gasteiger partial charge in [0.1, 0.15) is 12.9 Å². The Morgan fingerprint density at radius 3 is 2.53 bits per heavy atom. The number of allylic oxidation sites excluding steroid dienone is 8. The van der Waals surface area contributed by atoms with E-state index in [0.29, 0.717) is 44.1 Å². The first-order chi connectivity index (χ1) is 17.9. The van der Waals surface area contributed by atoms with Gasteiger partial charge in [0.05, 0.1) is 11.7 Å². The molecule has 0 aliphatic heterocycles. The molecule has 0 bridgehead atoms. The molecule has 1 spiro atoms. The van der Waals surface area contributed by atoms with Gasteiger partial charge in [-0.05, 0) is 96.1 Å². The van der Waals surface area contributed by atoms with Gasteiger partial charge in [-0.25, -0.2) is 0 Å². The monoisotopic (exact) mass is 528 g/mol. The first-order valence-electron chi connectivity index (χ1n) is 13.9. The summed E-state index contributed by atoms with van der Waals surface area (Å²) in [6.07, 6.45) is 12.9. The van der Waals surface area contributed by atoms with Gasteiger partial charge in [0.2, 0.25) is 0 Å². The number of aldehydes is 1. The first-order valence-corrected chi connectivity index (χ1v) is 13.9. The predicted octanol–water partition coefficient (Wildman–Crippen LogP) is 5.54. The largest absolute Gasteiger partial charge is 0.461 e. The Hall–Kier alpha value is -2.28. The van der Waals surface area contributed by atoms with Gasteiger partial charge in [0.15, 0.2) is 0 Å². The molecule has 6 heteroatoms. The predicted molar refractivity (Wildman–Crippen MR) is 151 cm³/mol. The van der Waals surface area contributed by atoms with Crippen molar-refractivity contribution < 1.29 is 29.6 Å². The molecule has 0 saturated heterocycles. The fourth-order valence-corrected chi connectivity index (χ4v) is 6.56. The third-order valence-corrected chi connectivity index (χ3v) is 8.62. The van der Waals surface area contributed by atoms with Crippen molar-refractivity contribution in [3.05, 3.63) is 58.7 Å². The quantitative estimate of drug-likeness (QED) is 0.101. The molecule has 2 fully saturated rings. The minimum atomic E-state index is -1.16. The number of carbonyl (C=O) groups excluding carboxylic acids is 2. The molecule has 3 N–H and O–H groups in total. The first kappa shape index (κ1) is 31.9. The third-order valence-electron chi connectivity index (χ3n) is 8.62. The van der Waals surface area contributed by atoms with Gasteiger partial charge in [-0.15, -0.1) is 0 Å². The van der Waals surface area contributed by atoms with E-state index >= 15 is 0 Å². The van der Waals surface area contributed by atoms with Crippen LogP contribution in [0.2, 0.25) is 0 Å². The van der Waals surface area contributed by atoms with E-state index in [1.54, 1.807) is 13.8 Å². The summed E-state index contributed by atoms with van der Waals surface area (Å²) in [6.45, 7) is 13.3. The zero-order valence-electron chi connectivity index (χ0n) is 24.0. The zero-order chi connectivity index (χ0) is 28.5. The van der Waals surface area contributed by atoms with Gasteiger partial charge < -0.3 is 20.1 Å². The van der Waals surface area contributed by atoms with Crippen LogP contribution in [0.3, 0.4) is 0 Å². The van der Waals surface area contributed by atoms with Gasteiger partial charge in [0.25, 0.3) is 0 Å². The van der Waals surface area contributed by atoms with Crippen LogP contribution in [0, 0.1) is 17.3 Å². The fourth-order valence-electron chi connectivity index (χ4n) is 6.56. The van der Waals surface area contributed by atoms with Crippen molar-refractivity contribution in [1.29, 1.82) is 0 Å². The minimum Gasteiger partial charge on any atom is -0.461 e. The molecule has 212 valence electrons. The maximum atomic E-state index is 12.0. The molecular weight excluding hydrogens is 480 g/mol. The van der Waals surface area contributed by atoms with E-state index in [0.717, 1.165) is 35.8 Å². The topological polar surface area (TPSA) is 104 Å². The summed E-state index contributed by atoms with van der Waals surface area (Å²) in [7, 11) is 0. The summed E-state index contributed by atoms with van der Waals surface area (Å²) in [5, 5.41) is 33.4. The van der Waals surface area contributed by atoms with Crippen molar-refractivity contribution in [3.63, 3.8) is 0 Å². The van der Waals surface area contributed by atoms with E-state index in [9.17, 15) is 24.9 Å². The van der Waals surface area contributed by atoms with Gasteiger partial charge >= 0.3 is 5.97 Å². The van der Waals surface area contributed by atoms with Crippen molar-refractivity contribution in [2.24, 2.45) is 17.3 Å². The van der Waals surface area contributed by atoms with E-state index in [2.05, 4.69) is 26.5 Å². The number of aliphatic hydroxyl groups excluding tert-OH is 2. The molecule has 38 heavy (non-hydrogen) atoms. The van der Waals surface area contributed by atoms with Crippen LogP contribution < -0.4 is 0 Å². The Bertz CT molecular complexity index is 978. The van der Waals surface area contributed by atoms with Crippen LogP contribution in [0.5, 0.6) is 0 Å². The Morgan fingerprint density at radius 1 is 1.21 bits per heavy atom. The molecule has 0 unspecified atom stereocenters. The van der Waals surface area contributed by atoms with Gasteiger partial charge in [-0.1, -0.05) is 47.6 Å². The highest BCUT2D eigenvalue weighted by Crippen LogP contribution is 2.62. The molecule has 6 nitrogen and oxygen atoms in total. The third kappa shape index (κ3) is 7.43. The standard InChI is InChI=1S/C32H48O6/c1-22(2)10-7-11-23(3)12-8-13-26(21-38-25(5)35)28-16-18-32(30(28)36)29(14-9-19-33)27(24(4)20-34)15-17-31(32,6)37/h8,10,12-13,20,28-30,33,36-37H,3,7,9,11,14-19,21H2,1-2,4-6H3/b12-8+,26-13-,27-24-/t28-,29-,30+,31+,32+/m1/s1. The number of rotatable bonds is 12. The van der Waals surface area contributed by atoms with E-state index in [4.69, 9.17) is 4.74 Å². The maximum Gasteiger partial charge on any atom is 0.302 e. The normalized spacial score (nSPS) is 30.9. The average molecular weight is 529 g/mol. The summed E-state index contributed by atoms with van der Waals surface area (Å²) in [5.41, 5.74) is 2.62. The van der Waals surface area contributed by atoms with Gasteiger partial charge in [-0.3, -0.25) is 9.59 Å². The lowest BCUT2D eigenvalue weighted by Crippen LogP contribution is -2.59. The number of esters is 1. The molecule has 0 aromatic rings. The Kier molecular flexibility index (Phi) is 11.9. The lowest BCUT2D eigenvalue weighted by atomic mass is 9.52. The average Bonchev–Trinajstić information content (AvgIpc) is 3.19. The van der Waals surface area contributed by atoms with E-state index in [1.165, 1.54) is 12.5 Å². The van der Waals surface area contributed by atoms with Crippen molar-refractivity contribution in [2.75, 3.05) is 13.2 Å². The lowest BCUT2D eigenvalue weighted by molar-refractivity contribution is -0.168. The van der Waals surface area contributed by atoms with Crippen LogP contribution in [0.4, 0.5) is 0 Å². The van der Waals surface area contributed by atoms with Gasteiger partial charge in [0, 0.05) is 24.9 Å². The second-order valence-electron chi connectivity index (χ2n) is 11.5. The molecule has 2 saturated carbocycles. The highest BCUT2D eigenvalue weighted by atomic mass is 16.5. The van der Waals surface area contributed by atoms with Crippen molar-refractivity contribution >= 4 is 12.3 Å². The molecule has 2 rings (SSSR count). The molecule has 0 heterocycles. The molecule has 2 aliphatic rings. The summed E-state index contributed by atoms with van der Waals surface area (Å²) in [5.74, 6) is -0.952. The molecule has 2 aliphatic carbocycles. The second kappa shape index (κ2) is 14.2. The highest BCUT2D eigenvalue weighted by Gasteiger charge is 2.64. The van der Waals surface area contributed by atoms with Crippen molar-refractivity contribution in [2.45, 2.75) is 97.7 Å². The Labute approximate surface area is 228 Å². The molecule has 5 atom stereocenters. The van der Waals surface area contributed by atoms with E-state index in [-0.39, 0.29) is 25.0 Å². The Balaban J connectivity index is 2.44. The molecule has 0 amide bonds. The van der Waals surface area contributed by atoms with Crippen LogP contribution >= 0.6 is 0 Å². The van der Waals surface area contributed by atoms with Crippen molar-refractivity contribution in [1.82, 2.24) is 0 Å². The number of aliphatic hydroxyl groups is 3. The summed E-state index contributed by atoms with van der Waals surface area (Å²) in [4.78, 5) is 23.4. The molecule has 0 aromatic carbocycles. The summed E-state index contributed by atoms with van der Waals surface area (Å²) < 4.78 is 5.38. The summed E-state index contributed by atoms with van der Waals surface area (Å²) >= 11 is 0. The molecule has 0 aromatic heterocycles. The van der Waals surface area contributed by atoms with Crippen LogP contribution in [0.1, 0.15) is 86.0 Å². The SMILES string of the molecule is C=C(/C=C/C=C(/COC(C)=O)[C@H]1CC[C@]2([C@H](CCCO)/C(=C(/C)C=O)CC[C@]2(C)O)[C@H]1O)CCC=C(C)C. The molecule has 0 radical (unpaired) electrons. The van der Waals surface area contributed by atoms with Crippen LogP contribution in [0.15, 0.2) is 58.7 Å².